The molecule has 130 valence electrons. The minimum Gasteiger partial charge on any atom is -0.356 e. The summed E-state index contributed by atoms with van der Waals surface area (Å²) in [5.74, 6) is -0.565. The molecule has 6 heteroatoms. The second-order valence-corrected chi connectivity index (χ2v) is 6.56. The van der Waals surface area contributed by atoms with Crippen molar-refractivity contribution in [1.29, 1.82) is 0 Å². The molecule has 0 aromatic heterocycles. The van der Waals surface area contributed by atoms with Crippen molar-refractivity contribution in [2.45, 2.75) is 44.6 Å². The summed E-state index contributed by atoms with van der Waals surface area (Å²) in [7, 11) is 0. The molecular weight excluding hydrogens is 309 g/mol. The highest BCUT2D eigenvalue weighted by Gasteiger charge is 2.39. The van der Waals surface area contributed by atoms with Crippen molar-refractivity contribution in [2.75, 3.05) is 18.4 Å². The second-order valence-electron chi connectivity index (χ2n) is 6.56. The molecule has 24 heavy (non-hydrogen) atoms. The molecule has 1 saturated carbocycles. The van der Waals surface area contributed by atoms with E-state index in [4.69, 9.17) is 0 Å². The summed E-state index contributed by atoms with van der Waals surface area (Å²) in [5.41, 5.74) is 0.179. The van der Waals surface area contributed by atoms with Gasteiger partial charge in [0.15, 0.2) is 0 Å². The van der Waals surface area contributed by atoms with Gasteiger partial charge in [-0.3, -0.25) is 4.79 Å². The number of halogens is 1. The Balaban J connectivity index is 1.78. The summed E-state index contributed by atoms with van der Waals surface area (Å²) in [6.45, 7) is 1.32. The number of para-hydroxylation sites is 1. The van der Waals surface area contributed by atoms with Crippen LogP contribution in [0.3, 0.4) is 0 Å². The zero-order chi connectivity index (χ0) is 16.9. The van der Waals surface area contributed by atoms with E-state index in [-0.39, 0.29) is 29.6 Å². The lowest BCUT2D eigenvalue weighted by Crippen LogP contribution is -2.49. The molecule has 0 unspecified atom stereocenters. The average Bonchev–Trinajstić information content (AvgIpc) is 3.05. The SMILES string of the molecule is O=C1NCCCCCN(C(=O)Nc2ccccc2F)[C@H]2CCC[C@@H]12. The van der Waals surface area contributed by atoms with Gasteiger partial charge >= 0.3 is 6.03 Å². The minimum atomic E-state index is -0.451. The molecule has 0 spiro atoms. The molecule has 2 fully saturated rings. The molecule has 2 atom stereocenters. The Labute approximate surface area is 141 Å². The molecule has 1 saturated heterocycles. The molecule has 0 radical (unpaired) electrons. The number of carbonyl (C=O) groups is 2. The first-order chi connectivity index (χ1) is 11.7. The van der Waals surface area contributed by atoms with Crippen molar-refractivity contribution >= 4 is 17.6 Å². The van der Waals surface area contributed by atoms with E-state index in [2.05, 4.69) is 10.6 Å². The Morgan fingerprint density at radius 1 is 1.17 bits per heavy atom. The normalized spacial score (nSPS) is 24.9. The Kier molecular flexibility index (Phi) is 5.33. The van der Waals surface area contributed by atoms with Crippen molar-refractivity contribution in [3.05, 3.63) is 30.1 Å². The van der Waals surface area contributed by atoms with Crippen molar-refractivity contribution in [2.24, 2.45) is 5.92 Å². The van der Waals surface area contributed by atoms with Crippen LogP contribution in [0.15, 0.2) is 24.3 Å². The first-order valence-corrected chi connectivity index (χ1v) is 8.76. The number of nitrogens with one attached hydrogen (secondary N) is 2. The Morgan fingerprint density at radius 3 is 2.83 bits per heavy atom. The van der Waals surface area contributed by atoms with Crippen molar-refractivity contribution in [1.82, 2.24) is 10.2 Å². The van der Waals surface area contributed by atoms with Gasteiger partial charge in [0.1, 0.15) is 5.82 Å². The van der Waals surface area contributed by atoms with Crippen molar-refractivity contribution in [3.8, 4) is 0 Å². The highest BCUT2D eigenvalue weighted by atomic mass is 19.1. The lowest BCUT2D eigenvalue weighted by atomic mass is 9.99. The summed E-state index contributed by atoms with van der Waals surface area (Å²) in [6, 6.07) is 5.73. The molecule has 1 aromatic rings. The van der Waals surface area contributed by atoms with Gasteiger partial charge in [-0.2, -0.15) is 0 Å². The van der Waals surface area contributed by atoms with E-state index in [0.717, 1.165) is 38.5 Å². The largest absolute Gasteiger partial charge is 0.356 e. The molecule has 1 aromatic carbocycles. The van der Waals surface area contributed by atoms with E-state index in [1.54, 1.807) is 23.1 Å². The number of nitrogens with zero attached hydrogens (tertiary/aromatic N) is 1. The predicted octanol–water partition coefficient (Wildman–Crippen LogP) is 3.13. The average molecular weight is 333 g/mol. The van der Waals surface area contributed by atoms with E-state index >= 15 is 0 Å². The first-order valence-electron chi connectivity index (χ1n) is 8.76. The number of carbonyl (C=O) groups excluding carboxylic acids is 2. The smallest absolute Gasteiger partial charge is 0.322 e. The summed E-state index contributed by atoms with van der Waals surface area (Å²) in [5, 5.41) is 5.66. The van der Waals surface area contributed by atoms with Gasteiger partial charge in [0.05, 0.1) is 11.6 Å². The Bertz CT molecular complexity index is 608. The van der Waals surface area contributed by atoms with Crippen LogP contribution in [0.5, 0.6) is 0 Å². The van der Waals surface area contributed by atoms with Crippen LogP contribution < -0.4 is 10.6 Å². The number of urea groups is 1. The zero-order valence-electron chi connectivity index (χ0n) is 13.8. The predicted molar refractivity (Wildman–Crippen MR) is 90.1 cm³/mol. The molecule has 1 aliphatic heterocycles. The molecule has 2 aliphatic rings. The van der Waals surface area contributed by atoms with E-state index < -0.39 is 5.82 Å². The van der Waals surface area contributed by atoms with E-state index in [9.17, 15) is 14.0 Å². The van der Waals surface area contributed by atoms with E-state index in [0.29, 0.717) is 13.1 Å². The Morgan fingerprint density at radius 2 is 2.00 bits per heavy atom. The zero-order valence-corrected chi connectivity index (χ0v) is 13.8. The minimum absolute atomic E-state index is 0.0445. The molecular formula is C18H24FN3O2. The third kappa shape index (κ3) is 3.68. The van der Waals surface area contributed by atoms with Crippen LogP contribution in [0.1, 0.15) is 38.5 Å². The van der Waals surface area contributed by atoms with Crippen LogP contribution in [0, 0.1) is 11.7 Å². The van der Waals surface area contributed by atoms with Crippen molar-refractivity contribution in [3.63, 3.8) is 0 Å². The number of fused-ring (bicyclic) bond motifs is 1. The fraction of sp³-hybridized carbons (Fsp3) is 0.556. The van der Waals surface area contributed by atoms with Gasteiger partial charge in [-0.05, 0) is 44.2 Å². The summed E-state index contributed by atoms with van der Waals surface area (Å²) in [6.07, 6.45) is 5.34. The fourth-order valence-electron chi connectivity index (χ4n) is 3.71. The quantitative estimate of drug-likeness (QED) is 0.829. The third-order valence-corrected chi connectivity index (χ3v) is 4.97. The van der Waals surface area contributed by atoms with Crippen LogP contribution in [-0.2, 0) is 4.79 Å². The highest BCUT2D eigenvalue weighted by Crippen LogP contribution is 2.31. The van der Waals surface area contributed by atoms with Crippen LogP contribution in [0.2, 0.25) is 0 Å². The van der Waals surface area contributed by atoms with Gasteiger partial charge in [-0.25, -0.2) is 9.18 Å². The molecule has 1 aliphatic carbocycles. The molecule has 3 rings (SSSR count). The van der Waals surface area contributed by atoms with Crippen molar-refractivity contribution < 1.29 is 14.0 Å². The number of benzene rings is 1. The van der Waals surface area contributed by atoms with E-state index in [1.165, 1.54) is 6.07 Å². The standard InChI is InChI=1S/C18H24FN3O2/c19-14-8-2-3-9-15(14)21-18(24)22-12-5-1-4-11-20-17(23)13-7-6-10-16(13)22/h2-3,8-9,13,16H,1,4-7,10-12H2,(H,20,23)(H,21,24)/t13-,16+/m1/s1. The van der Waals surface area contributed by atoms with E-state index in [1.807, 2.05) is 0 Å². The molecule has 1 heterocycles. The van der Waals surface area contributed by atoms with Crippen LogP contribution in [-0.4, -0.2) is 36.0 Å². The van der Waals surface area contributed by atoms with Crippen LogP contribution in [0.4, 0.5) is 14.9 Å². The molecule has 2 N–H and O–H groups in total. The second kappa shape index (κ2) is 7.64. The third-order valence-electron chi connectivity index (χ3n) is 4.97. The maximum atomic E-state index is 13.8. The lowest BCUT2D eigenvalue weighted by molar-refractivity contribution is -0.126. The highest BCUT2D eigenvalue weighted by molar-refractivity contribution is 5.90. The number of hydrogen-bond donors (Lipinski definition) is 2. The Hall–Kier alpha value is -2.11. The monoisotopic (exact) mass is 333 g/mol. The van der Waals surface area contributed by atoms with Gasteiger partial charge in [0.2, 0.25) is 5.91 Å². The van der Waals surface area contributed by atoms with Gasteiger partial charge in [-0.15, -0.1) is 0 Å². The van der Waals surface area contributed by atoms with Crippen LogP contribution >= 0.6 is 0 Å². The fourth-order valence-corrected chi connectivity index (χ4v) is 3.71. The van der Waals surface area contributed by atoms with Gasteiger partial charge in [0, 0.05) is 19.1 Å². The van der Waals surface area contributed by atoms with Gasteiger partial charge < -0.3 is 15.5 Å². The molecule has 0 bridgehead atoms. The van der Waals surface area contributed by atoms with Crippen LogP contribution in [0.25, 0.3) is 0 Å². The summed E-state index contributed by atoms with van der Waals surface area (Å²) >= 11 is 0. The maximum Gasteiger partial charge on any atom is 0.322 e. The lowest BCUT2D eigenvalue weighted by Gasteiger charge is -2.33. The summed E-state index contributed by atoms with van der Waals surface area (Å²) in [4.78, 5) is 26.9. The van der Waals surface area contributed by atoms with Gasteiger partial charge in [0.25, 0.3) is 0 Å². The van der Waals surface area contributed by atoms with Gasteiger partial charge in [-0.1, -0.05) is 18.6 Å². The molecule has 3 amide bonds. The molecule has 5 nitrogen and oxygen atoms in total. The summed E-state index contributed by atoms with van der Waals surface area (Å²) < 4.78 is 13.8. The topological polar surface area (TPSA) is 61.4 Å². The number of rotatable bonds is 1. The maximum absolute atomic E-state index is 13.8. The number of hydrogen-bond acceptors (Lipinski definition) is 2. The first kappa shape index (κ1) is 16.7. The number of amides is 3. The number of anilines is 1.